The van der Waals surface area contributed by atoms with Crippen LogP contribution in [-0.4, -0.2) is 19.7 Å². The maximum atomic E-state index is 11.7. The van der Waals surface area contributed by atoms with E-state index in [9.17, 15) is 4.79 Å². The van der Waals surface area contributed by atoms with E-state index in [2.05, 4.69) is 15.9 Å². The second-order valence-electron chi connectivity index (χ2n) is 3.74. The van der Waals surface area contributed by atoms with Gasteiger partial charge in [0.1, 0.15) is 22.7 Å². The molecular weight excluding hydrogens is 300 g/mol. The summed E-state index contributed by atoms with van der Waals surface area (Å²) < 4.78 is 16.6. The molecule has 0 aliphatic heterocycles. The summed E-state index contributed by atoms with van der Waals surface area (Å²) in [6.07, 6.45) is 0. The average molecular weight is 313 g/mol. The van der Waals surface area contributed by atoms with Crippen LogP contribution in [0.5, 0.6) is 5.75 Å². The molecule has 0 spiro atoms. The van der Waals surface area contributed by atoms with E-state index in [1.165, 1.54) is 7.11 Å². The minimum Gasteiger partial charge on any atom is -0.493 e. The van der Waals surface area contributed by atoms with Crippen LogP contribution in [0.3, 0.4) is 0 Å². The summed E-state index contributed by atoms with van der Waals surface area (Å²) in [5, 5.41) is 0.700. The lowest BCUT2D eigenvalue weighted by atomic mass is 10.1. The molecule has 0 saturated heterocycles. The number of carbonyl (C=O) groups is 1. The number of esters is 1. The van der Waals surface area contributed by atoms with Crippen molar-refractivity contribution in [2.24, 2.45) is 0 Å². The molecule has 1 aromatic heterocycles. The highest BCUT2D eigenvalue weighted by Gasteiger charge is 2.20. The number of aryl methyl sites for hydroxylation is 1. The summed E-state index contributed by atoms with van der Waals surface area (Å²) in [5.74, 6) is 0.810. The van der Waals surface area contributed by atoms with E-state index in [1.54, 1.807) is 19.1 Å². The first-order valence-corrected chi connectivity index (χ1v) is 6.31. The van der Waals surface area contributed by atoms with Crippen LogP contribution < -0.4 is 4.74 Å². The Kier molecular flexibility index (Phi) is 3.61. The normalized spacial score (nSPS) is 10.7. The largest absolute Gasteiger partial charge is 0.493 e. The number of fused-ring (bicyclic) bond motifs is 1. The number of carbonyl (C=O) groups excluding carboxylic acids is 1. The lowest BCUT2D eigenvalue weighted by Crippen LogP contribution is -2.02. The van der Waals surface area contributed by atoms with Crippen molar-refractivity contribution >= 4 is 32.9 Å². The standard InChI is InChI=1S/C13H13BrO4/c1-4-17-11-5-8-10(6-9(11)14)18-7(2)12(8)13(15)16-3/h5-6H,4H2,1-3H3. The van der Waals surface area contributed by atoms with Gasteiger partial charge in [-0.3, -0.25) is 0 Å². The Bertz CT molecular complexity index is 601. The van der Waals surface area contributed by atoms with Crippen LogP contribution in [0.2, 0.25) is 0 Å². The summed E-state index contributed by atoms with van der Waals surface area (Å²) in [4.78, 5) is 11.7. The van der Waals surface area contributed by atoms with Gasteiger partial charge in [0.25, 0.3) is 0 Å². The van der Waals surface area contributed by atoms with Crippen molar-refractivity contribution < 1.29 is 18.7 Å². The monoisotopic (exact) mass is 312 g/mol. The predicted molar refractivity (Wildman–Crippen MR) is 71.2 cm³/mol. The molecule has 0 saturated carbocycles. The van der Waals surface area contributed by atoms with E-state index in [0.717, 1.165) is 4.47 Å². The van der Waals surface area contributed by atoms with Gasteiger partial charge in [-0.25, -0.2) is 4.79 Å². The van der Waals surface area contributed by atoms with Gasteiger partial charge in [-0.2, -0.15) is 0 Å². The molecule has 0 aliphatic carbocycles. The third-order valence-electron chi connectivity index (χ3n) is 2.61. The number of furan rings is 1. The van der Waals surface area contributed by atoms with Gasteiger partial charge in [0, 0.05) is 5.39 Å². The lowest BCUT2D eigenvalue weighted by molar-refractivity contribution is 0.0601. The van der Waals surface area contributed by atoms with Crippen LogP contribution in [0.25, 0.3) is 11.0 Å². The molecule has 18 heavy (non-hydrogen) atoms. The highest BCUT2D eigenvalue weighted by Crippen LogP contribution is 2.35. The molecule has 0 aliphatic rings. The smallest absolute Gasteiger partial charge is 0.342 e. The molecule has 0 fully saturated rings. The van der Waals surface area contributed by atoms with Crippen molar-refractivity contribution in [2.75, 3.05) is 13.7 Å². The maximum Gasteiger partial charge on any atom is 0.342 e. The third-order valence-corrected chi connectivity index (χ3v) is 3.23. The fourth-order valence-corrected chi connectivity index (χ4v) is 2.28. The van der Waals surface area contributed by atoms with Crippen molar-refractivity contribution in [3.8, 4) is 5.75 Å². The Hall–Kier alpha value is -1.49. The minimum absolute atomic E-state index is 0.406. The Balaban J connectivity index is 2.68. The molecule has 2 rings (SSSR count). The fraction of sp³-hybridized carbons (Fsp3) is 0.308. The van der Waals surface area contributed by atoms with Crippen LogP contribution in [0.1, 0.15) is 23.0 Å². The van der Waals surface area contributed by atoms with Gasteiger partial charge in [0.15, 0.2) is 0 Å². The zero-order chi connectivity index (χ0) is 13.3. The molecule has 1 aromatic carbocycles. The van der Waals surface area contributed by atoms with Gasteiger partial charge in [0.05, 0.1) is 18.2 Å². The lowest BCUT2D eigenvalue weighted by Gasteiger charge is -2.05. The Labute approximate surface area is 113 Å². The van der Waals surface area contributed by atoms with Gasteiger partial charge in [-0.1, -0.05) is 0 Å². The fourth-order valence-electron chi connectivity index (χ4n) is 1.84. The van der Waals surface area contributed by atoms with Gasteiger partial charge >= 0.3 is 5.97 Å². The number of hydrogen-bond acceptors (Lipinski definition) is 4. The van der Waals surface area contributed by atoms with Crippen molar-refractivity contribution in [3.05, 3.63) is 27.9 Å². The summed E-state index contributed by atoms with van der Waals surface area (Å²) in [7, 11) is 1.35. The molecule has 96 valence electrons. The van der Waals surface area contributed by atoms with Crippen LogP contribution in [0, 0.1) is 6.92 Å². The molecule has 0 bridgehead atoms. The van der Waals surface area contributed by atoms with E-state index >= 15 is 0 Å². The van der Waals surface area contributed by atoms with Crippen molar-refractivity contribution in [1.82, 2.24) is 0 Å². The SMILES string of the molecule is CCOc1cc2c(C(=O)OC)c(C)oc2cc1Br. The van der Waals surface area contributed by atoms with E-state index in [0.29, 0.717) is 34.6 Å². The van der Waals surface area contributed by atoms with E-state index in [1.807, 2.05) is 6.92 Å². The van der Waals surface area contributed by atoms with Crippen molar-refractivity contribution in [1.29, 1.82) is 0 Å². The molecule has 5 heteroatoms. The molecule has 0 atom stereocenters. The maximum absolute atomic E-state index is 11.7. The second-order valence-corrected chi connectivity index (χ2v) is 4.59. The Morgan fingerprint density at radius 3 is 2.78 bits per heavy atom. The quantitative estimate of drug-likeness (QED) is 0.811. The van der Waals surface area contributed by atoms with Gasteiger partial charge in [-0.15, -0.1) is 0 Å². The zero-order valence-corrected chi connectivity index (χ0v) is 12.0. The van der Waals surface area contributed by atoms with E-state index in [-0.39, 0.29) is 0 Å². The number of methoxy groups -OCH3 is 1. The summed E-state index contributed by atoms with van der Waals surface area (Å²) in [6, 6.07) is 3.57. The van der Waals surface area contributed by atoms with E-state index < -0.39 is 5.97 Å². The number of halogens is 1. The molecule has 0 unspecified atom stereocenters. The van der Waals surface area contributed by atoms with Gasteiger partial charge in [-0.05, 0) is 41.9 Å². The first kappa shape index (κ1) is 13.0. The molecule has 0 amide bonds. The van der Waals surface area contributed by atoms with Crippen molar-refractivity contribution in [2.45, 2.75) is 13.8 Å². The van der Waals surface area contributed by atoms with Crippen molar-refractivity contribution in [3.63, 3.8) is 0 Å². The number of ether oxygens (including phenoxy) is 2. The predicted octanol–water partition coefficient (Wildman–Crippen LogP) is 3.69. The molecule has 1 heterocycles. The highest BCUT2D eigenvalue weighted by atomic mass is 79.9. The number of hydrogen-bond donors (Lipinski definition) is 0. The van der Waals surface area contributed by atoms with E-state index in [4.69, 9.17) is 13.9 Å². The first-order chi connectivity index (χ1) is 8.58. The van der Waals surface area contributed by atoms with Gasteiger partial charge in [0.2, 0.25) is 0 Å². The molecular formula is C13H13BrO4. The highest BCUT2D eigenvalue weighted by molar-refractivity contribution is 9.10. The molecule has 4 nitrogen and oxygen atoms in total. The number of rotatable bonds is 3. The molecule has 0 radical (unpaired) electrons. The van der Waals surface area contributed by atoms with Crippen LogP contribution in [0.15, 0.2) is 21.0 Å². The topological polar surface area (TPSA) is 48.7 Å². The summed E-state index contributed by atoms with van der Waals surface area (Å²) >= 11 is 3.41. The van der Waals surface area contributed by atoms with Crippen LogP contribution >= 0.6 is 15.9 Å². The third kappa shape index (κ3) is 2.10. The second kappa shape index (κ2) is 5.02. The van der Waals surface area contributed by atoms with Gasteiger partial charge < -0.3 is 13.9 Å². The average Bonchev–Trinajstić information content (AvgIpc) is 2.64. The molecule has 0 N–H and O–H groups in total. The Morgan fingerprint density at radius 2 is 2.17 bits per heavy atom. The molecule has 2 aromatic rings. The van der Waals surface area contributed by atoms with Crippen LogP contribution in [0.4, 0.5) is 0 Å². The number of benzene rings is 1. The summed E-state index contributed by atoms with van der Waals surface area (Å²) in [5.41, 5.74) is 1.07. The first-order valence-electron chi connectivity index (χ1n) is 5.52. The minimum atomic E-state index is -0.406. The zero-order valence-electron chi connectivity index (χ0n) is 10.4. The summed E-state index contributed by atoms with van der Waals surface area (Å²) in [6.45, 7) is 4.19. The Morgan fingerprint density at radius 1 is 1.44 bits per heavy atom. The van der Waals surface area contributed by atoms with Crippen LogP contribution in [-0.2, 0) is 4.74 Å².